The molecular weight excluding hydrogens is 534 g/mol. The molecule has 0 aliphatic carbocycles. The van der Waals surface area contributed by atoms with E-state index in [2.05, 4.69) is 29.5 Å². The topological polar surface area (TPSA) is 94.2 Å². The number of rotatable bonds is 8. The molecule has 0 radical (unpaired) electrons. The Morgan fingerprint density at radius 1 is 0.875 bits per heavy atom. The summed E-state index contributed by atoms with van der Waals surface area (Å²) in [4.78, 5) is 17.1. The van der Waals surface area contributed by atoms with Crippen molar-refractivity contribution in [3.05, 3.63) is 95.8 Å². The third-order valence-electron chi connectivity index (χ3n) is 7.33. The van der Waals surface area contributed by atoms with E-state index in [0.29, 0.717) is 17.3 Å². The van der Waals surface area contributed by atoms with E-state index in [-0.39, 0.29) is 11.4 Å². The van der Waals surface area contributed by atoms with Crippen molar-refractivity contribution in [1.29, 1.82) is 0 Å². The molecule has 5 aromatic rings. The van der Waals surface area contributed by atoms with Crippen molar-refractivity contribution in [2.45, 2.75) is 17.9 Å². The highest BCUT2D eigenvalue weighted by Gasteiger charge is 2.23. The van der Waals surface area contributed by atoms with Crippen LogP contribution in [0.25, 0.3) is 21.9 Å². The van der Waals surface area contributed by atoms with Crippen molar-refractivity contribution in [3.63, 3.8) is 0 Å². The monoisotopic (exact) mass is 562 g/mol. The molecule has 1 fully saturated rings. The maximum Gasteiger partial charge on any atom is 0.240 e. The Hall–Kier alpha value is -3.93. The summed E-state index contributed by atoms with van der Waals surface area (Å²) in [6.45, 7) is 4.02. The van der Waals surface area contributed by atoms with Gasteiger partial charge in [0.25, 0.3) is 0 Å². The maximum atomic E-state index is 13.5. The van der Waals surface area contributed by atoms with Crippen LogP contribution in [-0.2, 0) is 23.0 Å². The number of hydrogen-bond donors (Lipinski definition) is 2. The number of aromatic amines is 1. The van der Waals surface area contributed by atoms with Crippen LogP contribution in [0.3, 0.4) is 0 Å². The molecule has 0 bridgehead atoms. The first-order valence-corrected chi connectivity index (χ1v) is 14.6. The molecule has 3 aromatic carbocycles. The highest BCUT2D eigenvalue weighted by Crippen LogP contribution is 2.31. The predicted octanol–water partition coefficient (Wildman–Crippen LogP) is 4.23. The van der Waals surface area contributed by atoms with Gasteiger partial charge in [-0.25, -0.2) is 31.9 Å². The molecule has 2 N–H and O–H groups in total. The highest BCUT2D eigenvalue weighted by atomic mass is 32.2. The zero-order valence-electron chi connectivity index (χ0n) is 21.6. The van der Waals surface area contributed by atoms with Gasteiger partial charge in [0.1, 0.15) is 17.4 Å². The molecule has 1 saturated heterocycles. The van der Waals surface area contributed by atoms with E-state index in [0.717, 1.165) is 60.7 Å². The lowest BCUT2D eigenvalue weighted by atomic mass is 10.1. The van der Waals surface area contributed by atoms with E-state index >= 15 is 0 Å². The minimum absolute atomic E-state index is 0.173. The Kier molecular flexibility index (Phi) is 7.18. The summed E-state index contributed by atoms with van der Waals surface area (Å²) in [7, 11) is -3.73. The molecule has 0 unspecified atom stereocenters. The maximum absolute atomic E-state index is 13.5. The first-order valence-electron chi connectivity index (χ1n) is 13.1. The molecule has 3 heterocycles. The van der Waals surface area contributed by atoms with Crippen LogP contribution in [0.15, 0.2) is 78.0 Å². The third kappa shape index (κ3) is 5.40. The van der Waals surface area contributed by atoms with Crippen molar-refractivity contribution in [1.82, 2.24) is 24.6 Å². The summed E-state index contributed by atoms with van der Waals surface area (Å²) in [5, 5.41) is 0.714. The highest BCUT2D eigenvalue weighted by molar-refractivity contribution is 7.89. The first-order chi connectivity index (χ1) is 19.4. The van der Waals surface area contributed by atoms with Gasteiger partial charge in [0, 0.05) is 50.2 Å². The lowest BCUT2D eigenvalue weighted by Gasteiger charge is -2.35. The summed E-state index contributed by atoms with van der Waals surface area (Å²) in [6.07, 6.45) is 2.15. The van der Waals surface area contributed by atoms with Crippen LogP contribution in [0, 0.1) is 11.6 Å². The van der Waals surface area contributed by atoms with Crippen LogP contribution in [0.5, 0.6) is 0 Å². The number of halogens is 2. The van der Waals surface area contributed by atoms with Gasteiger partial charge in [-0.1, -0.05) is 36.4 Å². The lowest BCUT2D eigenvalue weighted by Crippen LogP contribution is -2.47. The van der Waals surface area contributed by atoms with Crippen LogP contribution < -0.4 is 9.62 Å². The number of nitrogens with zero attached hydrogens (tertiary/aromatic N) is 4. The smallest absolute Gasteiger partial charge is 0.240 e. The number of piperazine rings is 1. The lowest BCUT2D eigenvalue weighted by molar-refractivity contribution is 0.260. The van der Waals surface area contributed by atoms with Gasteiger partial charge in [0.15, 0.2) is 17.5 Å². The number of fused-ring (bicyclic) bond motifs is 3. The molecular formula is C29H28F2N6O2S. The number of anilines is 1. The van der Waals surface area contributed by atoms with E-state index in [1.165, 1.54) is 18.5 Å². The van der Waals surface area contributed by atoms with Gasteiger partial charge in [-0.05, 0) is 47.9 Å². The average molecular weight is 563 g/mol. The second-order valence-corrected chi connectivity index (χ2v) is 11.7. The fourth-order valence-electron chi connectivity index (χ4n) is 5.09. The van der Waals surface area contributed by atoms with Gasteiger partial charge in [-0.2, -0.15) is 0 Å². The van der Waals surface area contributed by atoms with Crippen LogP contribution in [-0.4, -0.2) is 61.0 Å². The molecule has 1 aliphatic rings. The minimum Gasteiger partial charge on any atom is -0.352 e. The minimum atomic E-state index is -3.73. The molecule has 11 heteroatoms. The van der Waals surface area contributed by atoms with Crippen LogP contribution in [0.4, 0.5) is 14.6 Å². The summed E-state index contributed by atoms with van der Waals surface area (Å²) in [6, 6.07) is 18.4. The van der Waals surface area contributed by atoms with Gasteiger partial charge >= 0.3 is 0 Å². The van der Waals surface area contributed by atoms with Crippen LogP contribution >= 0.6 is 0 Å². The van der Waals surface area contributed by atoms with Crippen molar-refractivity contribution >= 4 is 37.8 Å². The largest absolute Gasteiger partial charge is 0.352 e. The SMILES string of the molecule is O=S(=O)(NCc1ccccc1)c1ccc2[nH]c3c(N4CCN(CCc5ccc(F)c(F)c5)CC4)ncnc3c2c1. The Morgan fingerprint density at radius 2 is 1.68 bits per heavy atom. The van der Waals surface area contributed by atoms with Crippen molar-refractivity contribution in [3.8, 4) is 0 Å². The van der Waals surface area contributed by atoms with Crippen LogP contribution in [0.2, 0.25) is 0 Å². The van der Waals surface area contributed by atoms with Crippen molar-refractivity contribution in [2.75, 3.05) is 37.6 Å². The summed E-state index contributed by atoms with van der Waals surface area (Å²) < 4.78 is 55.5. The number of hydrogen-bond acceptors (Lipinski definition) is 6. The van der Waals surface area contributed by atoms with E-state index < -0.39 is 21.7 Å². The van der Waals surface area contributed by atoms with Gasteiger partial charge < -0.3 is 9.88 Å². The Bertz CT molecular complexity index is 1770. The van der Waals surface area contributed by atoms with Crippen LogP contribution in [0.1, 0.15) is 11.1 Å². The Balaban J connectivity index is 1.17. The molecule has 8 nitrogen and oxygen atoms in total. The van der Waals surface area contributed by atoms with Gasteiger partial charge in [0.2, 0.25) is 10.0 Å². The molecule has 1 aliphatic heterocycles. The number of aromatic nitrogens is 3. The fourth-order valence-corrected chi connectivity index (χ4v) is 6.13. The number of benzene rings is 3. The zero-order chi connectivity index (χ0) is 27.7. The number of H-pyrrole nitrogens is 1. The van der Waals surface area contributed by atoms with E-state index in [9.17, 15) is 17.2 Å². The molecule has 2 aromatic heterocycles. The number of nitrogens with one attached hydrogen (secondary N) is 2. The molecule has 40 heavy (non-hydrogen) atoms. The number of sulfonamides is 1. The Morgan fingerprint density at radius 3 is 2.45 bits per heavy atom. The molecule has 0 saturated carbocycles. The van der Waals surface area contributed by atoms with Gasteiger partial charge in [-0.3, -0.25) is 4.90 Å². The molecule has 0 amide bonds. The molecule has 0 atom stereocenters. The van der Waals surface area contributed by atoms with Crippen molar-refractivity contribution in [2.24, 2.45) is 0 Å². The summed E-state index contributed by atoms with van der Waals surface area (Å²) >= 11 is 0. The van der Waals surface area contributed by atoms with Crippen molar-refractivity contribution < 1.29 is 17.2 Å². The molecule has 206 valence electrons. The predicted molar refractivity (Wildman–Crippen MR) is 151 cm³/mol. The third-order valence-corrected chi connectivity index (χ3v) is 8.72. The average Bonchev–Trinajstić information content (AvgIpc) is 3.36. The van der Waals surface area contributed by atoms with E-state index in [1.807, 2.05) is 30.3 Å². The van der Waals surface area contributed by atoms with E-state index in [4.69, 9.17) is 0 Å². The fraction of sp³-hybridized carbons (Fsp3) is 0.241. The molecule has 6 rings (SSSR count). The van der Waals surface area contributed by atoms with E-state index in [1.54, 1.807) is 24.3 Å². The standard InChI is InChI=1S/C29H28F2N6O2S/c30-24-8-6-20(16-25(24)31)10-11-36-12-14-37(15-13-36)29-28-27(32-19-33-29)23-17-22(7-9-26(23)35-28)40(38,39)34-18-21-4-2-1-3-5-21/h1-9,16-17,19,34-35H,10-15,18H2. The summed E-state index contributed by atoms with van der Waals surface area (Å²) in [5.41, 5.74) is 3.86. The second kappa shape index (κ2) is 10.9. The quantitative estimate of drug-likeness (QED) is 0.294. The zero-order valence-corrected chi connectivity index (χ0v) is 22.5. The first kappa shape index (κ1) is 26.3. The normalized spacial score (nSPS) is 14.8. The Labute approximate surface area is 230 Å². The van der Waals surface area contributed by atoms with Gasteiger partial charge in [-0.15, -0.1) is 0 Å². The summed E-state index contributed by atoms with van der Waals surface area (Å²) in [5.74, 6) is -0.877. The second-order valence-electron chi connectivity index (χ2n) is 9.89. The van der Waals surface area contributed by atoms with Gasteiger partial charge in [0.05, 0.1) is 4.90 Å². The molecule has 0 spiro atoms.